The van der Waals surface area contributed by atoms with Crippen molar-refractivity contribution >= 4 is 22.4 Å². The van der Waals surface area contributed by atoms with Gasteiger partial charge in [0.25, 0.3) is 0 Å². The highest BCUT2D eigenvalue weighted by molar-refractivity contribution is 7.15. The Morgan fingerprint density at radius 2 is 2.11 bits per heavy atom. The van der Waals surface area contributed by atoms with Gasteiger partial charge < -0.3 is 10.4 Å². The number of thiazole rings is 1. The van der Waals surface area contributed by atoms with Gasteiger partial charge in [-0.05, 0) is 41.2 Å². The van der Waals surface area contributed by atoms with E-state index in [9.17, 15) is 9.90 Å². The van der Waals surface area contributed by atoms with E-state index in [1.54, 1.807) is 6.92 Å². The fourth-order valence-corrected chi connectivity index (χ4v) is 2.34. The third-order valence-electron chi connectivity index (χ3n) is 3.20. The third-order valence-corrected chi connectivity index (χ3v) is 4.19. The Balaban J connectivity index is 2.52. The number of nitrogens with one attached hydrogen (secondary N) is 1. The number of amides is 1. The van der Waals surface area contributed by atoms with Gasteiger partial charge in [-0.25, -0.2) is 4.98 Å². The van der Waals surface area contributed by atoms with Crippen molar-refractivity contribution in [2.24, 2.45) is 0 Å². The molecule has 1 heterocycles. The lowest BCUT2D eigenvalue weighted by Crippen LogP contribution is -2.40. The molecule has 0 radical (unpaired) electrons. The van der Waals surface area contributed by atoms with E-state index in [0.717, 1.165) is 10.6 Å². The van der Waals surface area contributed by atoms with Gasteiger partial charge in [0, 0.05) is 11.4 Å². The molecule has 1 aromatic heterocycles. The average molecular weight is 285 g/mol. The summed E-state index contributed by atoms with van der Waals surface area (Å²) < 4.78 is 0. The Bertz CT molecular complexity index is 412. The number of carbonyl (C=O) groups excluding carboxylic acids is 1. The monoisotopic (exact) mass is 285 g/mol. The van der Waals surface area contributed by atoms with Crippen molar-refractivity contribution in [3.05, 3.63) is 10.6 Å². The molecule has 0 saturated heterocycles. The molecule has 0 saturated carbocycles. The van der Waals surface area contributed by atoms with Crippen LogP contribution in [0, 0.1) is 13.8 Å². The smallest absolute Gasteiger partial charge is 0.243 e. The van der Waals surface area contributed by atoms with Crippen LogP contribution in [-0.4, -0.2) is 46.6 Å². The van der Waals surface area contributed by atoms with E-state index in [-0.39, 0.29) is 18.1 Å². The summed E-state index contributed by atoms with van der Waals surface area (Å²) in [6.45, 7) is 8.20. The van der Waals surface area contributed by atoms with Gasteiger partial charge in [0.1, 0.15) is 0 Å². The maximum absolute atomic E-state index is 12.1. The number of carbonyl (C=O) groups is 1. The van der Waals surface area contributed by atoms with Gasteiger partial charge in [0.15, 0.2) is 5.13 Å². The molecule has 0 aliphatic carbocycles. The van der Waals surface area contributed by atoms with Crippen LogP contribution in [0.25, 0.3) is 0 Å². The number of hydrogen-bond donors (Lipinski definition) is 2. The number of anilines is 1. The van der Waals surface area contributed by atoms with Crippen LogP contribution in [0.1, 0.15) is 30.8 Å². The highest BCUT2D eigenvalue weighted by Gasteiger charge is 2.19. The van der Waals surface area contributed by atoms with Crippen molar-refractivity contribution in [3.8, 4) is 0 Å². The number of aliphatic hydroxyl groups excluding tert-OH is 1. The number of aliphatic hydroxyl groups is 1. The molecule has 0 fully saturated rings. The quantitative estimate of drug-likeness (QED) is 0.836. The zero-order valence-corrected chi connectivity index (χ0v) is 13.0. The molecular formula is C13H23N3O2S. The molecule has 0 aromatic carbocycles. The summed E-state index contributed by atoms with van der Waals surface area (Å²) >= 11 is 1.49. The second-order valence-corrected chi connectivity index (χ2v) is 6.15. The molecule has 6 heteroatoms. The number of rotatable bonds is 6. The number of aromatic nitrogens is 1. The Labute approximate surface area is 118 Å². The first kappa shape index (κ1) is 16.1. The van der Waals surface area contributed by atoms with Crippen LogP contribution in [0.5, 0.6) is 0 Å². The molecule has 108 valence electrons. The summed E-state index contributed by atoms with van der Waals surface area (Å²) in [6.07, 6.45) is 0.311. The highest BCUT2D eigenvalue weighted by atomic mass is 32.1. The molecule has 1 rings (SSSR count). The third kappa shape index (κ3) is 4.89. The van der Waals surface area contributed by atoms with Crippen LogP contribution in [0.15, 0.2) is 0 Å². The molecule has 19 heavy (non-hydrogen) atoms. The normalized spacial score (nSPS) is 14.5. The van der Waals surface area contributed by atoms with Gasteiger partial charge in [-0.3, -0.25) is 9.69 Å². The number of aryl methyl sites for hydroxylation is 2. The van der Waals surface area contributed by atoms with E-state index in [1.807, 2.05) is 32.7 Å². The van der Waals surface area contributed by atoms with E-state index in [1.165, 1.54) is 11.3 Å². The first-order valence-corrected chi connectivity index (χ1v) is 7.26. The molecule has 2 unspecified atom stereocenters. The van der Waals surface area contributed by atoms with Crippen molar-refractivity contribution in [2.45, 2.75) is 46.3 Å². The molecule has 5 nitrogen and oxygen atoms in total. The number of likely N-dealkylation sites (N-methyl/N-ethyl adjacent to an activating group) is 1. The summed E-state index contributed by atoms with van der Waals surface area (Å²) in [6, 6.07) is -0.247. The highest BCUT2D eigenvalue weighted by Crippen LogP contribution is 2.21. The lowest BCUT2D eigenvalue weighted by Gasteiger charge is -2.23. The average Bonchev–Trinajstić information content (AvgIpc) is 2.64. The number of hydrogen-bond acceptors (Lipinski definition) is 5. The second kappa shape index (κ2) is 6.98. The SMILES string of the molecule is Cc1nc(NC(=O)C(C)N(C)CCC(C)O)sc1C. The number of nitrogens with zero attached hydrogens (tertiary/aromatic N) is 2. The fourth-order valence-electron chi connectivity index (χ4n) is 1.52. The van der Waals surface area contributed by atoms with E-state index < -0.39 is 0 Å². The van der Waals surface area contributed by atoms with Crippen LogP contribution in [0.3, 0.4) is 0 Å². The summed E-state index contributed by atoms with van der Waals surface area (Å²) in [5.41, 5.74) is 0.954. The van der Waals surface area contributed by atoms with E-state index >= 15 is 0 Å². The summed E-state index contributed by atoms with van der Waals surface area (Å²) in [4.78, 5) is 19.4. The van der Waals surface area contributed by atoms with Crippen LogP contribution >= 0.6 is 11.3 Å². The minimum atomic E-state index is -0.345. The summed E-state index contributed by atoms with van der Waals surface area (Å²) in [5.74, 6) is -0.0677. The molecule has 2 N–H and O–H groups in total. The first-order valence-electron chi connectivity index (χ1n) is 6.44. The Kier molecular flexibility index (Phi) is 5.90. The Hall–Kier alpha value is -0.980. The van der Waals surface area contributed by atoms with Gasteiger partial charge in [-0.2, -0.15) is 0 Å². The van der Waals surface area contributed by atoms with Gasteiger partial charge in [-0.1, -0.05) is 0 Å². The van der Waals surface area contributed by atoms with Crippen molar-refractivity contribution in [3.63, 3.8) is 0 Å². The second-order valence-electron chi connectivity index (χ2n) is 4.94. The van der Waals surface area contributed by atoms with Gasteiger partial charge >= 0.3 is 0 Å². The van der Waals surface area contributed by atoms with Gasteiger partial charge in [-0.15, -0.1) is 11.3 Å². The van der Waals surface area contributed by atoms with Crippen molar-refractivity contribution in [1.82, 2.24) is 9.88 Å². The lowest BCUT2D eigenvalue weighted by molar-refractivity contribution is -0.120. The minimum absolute atomic E-state index is 0.0677. The van der Waals surface area contributed by atoms with E-state index in [0.29, 0.717) is 18.1 Å². The molecule has 0 aliphatic rings. The fraction of sp³-hybridized carbons (Fsp3) is 0.692. The standard InChI is InChI=1S/C13H23N3O2S/c1-8(17)6-7-16(5)10(3)12(18)15-13-14-9(2)11(4)19-13/h8,10,17H,6-7H2,1-5H3,(H,14,15,18). The lowest BCUT2D eigenvalue weighted by atomic mass is 10.2. The zero-order chi connectivity index (χ0) is 14.6. The maximum Gasteiger partial charge on any atom is 0.243 e. The minimum Gasteiger partial charge on any atom is -0.393 e. The van der Waals surface area contributed by atoms with Crippen molar-refractivity contribution < 1.29 is 9.90 Å². The first-order chi connectivity index (χ1) is 8.81. The van der Waals surface area contributed by atoms with Gasteiger partial charge in [0.2, 0.25) is 5.91 Å². The predicted octanol–water partition coefficient (Wildman–Crippen LogP) is 1.79. The Morgan fingerprint density at radius 3 is 2.58 bits per heavy atom. The maximum atomic E-state index is 12.1. The van der Waals surface area contributed by atoms with E-state index in [4.69, 9.17) is 0 Å². The molecule has 1 amide bonds. The molecule has 0 spiro atoms. The molecule has 0 aliphatic heterocycles. The van der Waals surface area contributed by atoms with Crippen molar-refractivity contribution in [1.29, 1.82) is 0 Å². The van der Waals surface area contributed by atoms with E-state index in [2.05, 4.69) is 10.3 Å². The predicted molar refractivity (Wildman–Crippen MR) is 78.6 cm³/mol. The summed E-state index contributed by atoms with van der Waals surface area (Å²) in [7, 11) is 1.88. The largest absolute Gasteiger partial charge is 0.393 e. The summed E-state index contributed by atoms with van der Waals surface area (Å²) in [5, 5.41) is 12.7. The zero-order valence-electron chi connectivity index (χ0n) is 12.2. The van der Waals surface area contributed by atoms with Crippen molar-refractivity contribution in [2.75, 3.05) is 18.9 Å². The topological polar surface area (TPSA) is 65.5 Å². The molecular weight excluding hydrogens is 262 g/mol. The van der Waals surface area contributed by atoms with Crippen LogP contribution in [0.4, 0.5) is 5.13 Å². The van der Waals surface area contributed by atoms with Crippen LogP contribution < -0.4 is 5.32 Å². The van der Waals surface area contributed by atoms with Gasteiger partial charge in [0.05, 0.1) is 17.8 Å². The molecule has 0 bridgehead atoms. The molecule has 1 aromatic rings. The Morgan fingerprint density at radius 1 is 1.47 bits per heavy atom. The van der Waals surface area contributed by atoms with Crippen LogP contribution in [0.2, 0.25) is 0 Å². The van der Waals surface area contributed by atoms with Crippen LogP contribution in [-0.2, 0) is 4.79 Å². The molecule has 2 atom stereocenters.